The summed E-state index contributed by atoms with van der Waals surface area (Å²) in [6.45, 7) is 6.45. The second kappa shape index (κ2) is 4.92. The fraction of sp³-hybridized carbons (Fsp3) is 0.357. The van der Waals surface area contributed by atoms with Crippen LogP contribution in [0.25, 0.3) is 5.69 Å². The Morgan fingerprint density at radius 3 is 2.59 bits per heavy atom. The lowest BCUT2D eigenvalue weighted by Crippen LogP contribution is -2.04. The van der Waals surface area contributed by atoms with Gasteiger partial charge in [0, 0.05) is 11.3 Å². The first-order valence-electron chi connectivity index (χ1n) is 5.84. The lowest BCUT2D eigenvalue weighted by molar-refractivity contribution is 0.792. The van der Waals surface area contributed by atoms with Gasteiger partial charge in [-0.3, -0.25) is 0 Å². The molecular formula is C14H17ClN2. The Bertz CT molecular complexity index is 515. The summed E-state index contributed by atoms with van der Waals surface area (Å²) in [6.07, 6.45) is 1.85. The van der Waals surface area contributed by atoms with Crippen LogP contribution in [0.3, 0.4) is 0 Å². The van der Waals surface area contributed by atoms with Crippen molar-refractivity contribution >= 4 is 11.6 Å². The van der Waals surface area contributed by atoms with Gasteiger partial charge in [0.05, 0.1) is 17.8 Å². The zero-order chi connectivity index (χ0) is 12.4. The van der Waals surface area contributed by atoms with Crippen LogP contribution in [0.1, 0.15) is 36.6 Å². The first-order valence-corrected chi connectivity index (χ1v) is 6.37. The number of aromatic nitrogens is 2. The van der Waals surface area contributed by atoms with Crippen LogP contribution in [-0.2, 0) is 5.88 Å². The molecular weight excluding hydrogens is 232 g/mol. The Balaban J connectivity index is 2.56. The van der Waals surface area contributed by atoms with Crippen LogP contribution in [0.15, 0.2) is 30.5 Å². The van der Waals surface area contributed by atoms with Crippen molar-refractivity contribution in [3.63, 3.8) is 0 Å². The summed E-state index contributed by atoms with van der Waals surface area (Å²) in [4.78, 5) is 0. The van der Waals surface area contributed by atoms with Crippen LogP contribution in [0, 0.1) is 6.92 Å². The number of hydrogen-bond donors (Lipinski definition) is 0. The molecule has 0 aliphatic rings. The van der Waals surface area contributed by atoms with Gasteiger partial charge in [-0.2, -0.15) is 5.10 Å². The molecule has 0 atom stereocenters. The maximum Gasteiger partial charge on any atom is 0.0683 e. The Labute approximate surface area is 107 Å². The number of halogens is 1. The molecule has 0 unspecified atom stereocenters. The van der Waals surface area contributed by atoms with Crippen molar-refractivity contribution in [3.8, 4) is 5.69 Å². The van der Waals surface area contributed by atoms with Gasteiger partial charge in [-0.15, -0.1) is 11.6 Å². The fourth-order valence-corrected chi connectivity index (χ4v) is 2.25. The molecule has 0 spiro atoms. The van der Waals surface area contributed by atoms with Crippen LogP contribution in [0.4, 0.5) is 0 Å². The van der Waals surface area contributed by atoms with E-state index in [-0.39, 0.29) is 0 Å². The standard InChI is InChI=1S/C14H17ClN2/c1-10(2)13-6-4-5-7-14(13)17-11(3)12(8-15)9-16-17/h4-7,9-10H,8H2,1-3H3. The van der Waals surface area contributed by atoms with Gasteiger partial charge in [-0.25, -0.2) is 4.68 Å². The average Bonchev–Trinajstić information content (AvgIpc) is 2.70. The molecule has 0 amide bonds. The van der Waals surface area contributed by atoms with Gasteiger partial charge in [0.2, 0.25) is 0 Å². The lowest BCUT2D eigenvalue weighted by atomic mass is 10.0. The van der Waals surface area contributed by atoms with Crippen LogP contribution >= 0.6 is 11.6 Å². The predicted molar refractivity (Wildman–Crippen MR) is 71.9 cm³/mol. The number of hydrogen-bond acceptors (Lipinski definition) is 1. The van der Waals surface area contributed by atoms with Crippen molar-refractivity contribution in [1.82, 2.24) is 9.78 Å². The van der Waals surface area contributed by atoms with E-state index >= 15 is 0 Å². The summed E-state index contributed by atoms with van der Waals surface area (Å²) < 4.78 is 1.98. The fourth-order valence-electron chi connectivity index (χ4n) is 1.99. The van der Waals surface area contributed by atoms with Crippen molar-refractivity contribution in [1.29, 1.82) is 0 Å². The topological polar surface area (TPSA) is 17.8 Å². The Kier molecular flexibility index (Phi) is 3.53. The van der Waals surface area contributed by atoms with E-state index in [1.165, 1.54) is 5.56 Å². The third-order valence-electron chi connectivity index (χ3n) is 3.04. The minimum absolute atomic E-state index is 0.481. The monoisotopic (exact) mass is 248 g/mol. The second-order valence-electron chi connectivity index (χ2n) is 4.51. The molecule has 0 saturated carbocycles. The highest BCUT2D eigenvalue weighted by molar-refractivity contribution is 6.17. The smallest absolute Gasteiger partial charge is 0.0683 e. The molecule has 0 saturated heterocycles. The Morgan fingerprint density at radius 1 is 1.29 bits per heavy atom. The first kappa shape index (κ1) is 12.2. The van der Waals surface area contributed by atoms with Gasteiger partial charge >= 0.3 is 0 Å². The molecule has 0 aliphatic carbocycles. The summed E-state index contributed by atoms with van der Waals surface area (Å²) in [5.74, 6) is 0.990. The highest BCUT2D eigenvalue weighted by Crippen LogP contribution is 2.24. The minimum atomic E-state index is 0.481. The number of rotatable bonds is 3. The third-order valence-corrected chi connectivity index (χ3v) is 3.33. The largest absolute Gasteiger partial charge is 0.237 e. The van der Waals surface area contributed by atoms with Gasteiger partial charge in [-0.05, 0) is 24.5 Å². The first-order chi connectivity index (χ1) is 8.15. The molecule has 0 N–H and O–H groups in total. The zero-order valence-electron chi connectivity index (χ0n) is 10.4. The Morgan fingerprint density at radius 2 is 2.00 bits per heavy atom. The highest BCUT2D eigenvalue weighted by Gasteiger charge is 2.12. The molecule has 0 bridgehead atoms. The van der Waals surface area contributed by atoms with Crippen molar-refractivity contribution < 1.29 is 0 Å². The van der Waals surface area contributed by atoms with E-state index < -0.39 is 0 Å². The van der Waals surface area contributed by atoms with Crippen molar-refractivity contribution in [3.05, 3.63) is 47.3 Å². The average molecular weight is 249 g/mol. The quantitative estimate of drug-likeness (QED) is 0.750. The van der Waals surface area contributed by atoms with Crippen molar-refractivity contribution in [2.75, 3.05) is 0 Å². The summed E-state index contributed by atoms with van der Waals surface area (Å²) in [6, 6.07) is 8.37. The predicted octanol–water partition coefficient (Wildman–Crippen LogP) is 4.04. The van der Waals surface area contributed by atoms with Crippen LogP contribution in [-0.4, -0.2) is 9.78 Å². The van der Waals surface area contributed by atoms with Crippen LogP contribution < -0.4 is 0 Å². The molecule has 2 aromatic rings. The molecule has 0 fully saturated rings. The molecule has 2 rings (SSSR count). The van der Waals surface area contributed by atoms with Gasteiger partial charge in [-0.1, -0.05) is 32.0 Å². The van der Waals surface area contributed by atoms with Crippen molar-refractivity contribution in [2.45, 2.75) is 32.6 Å². The molecule has 0 aliphatic heterocycles. The maximum atomic E-state index is 5.88. The van der Waals surface area contributed by atoms with E-state index in [4.69, 9.17) is 11.6 Å². The van der Waals surface area contributed by atoms with Crippen molar-refractivity contribution in [2.24, 2.45) is 0 Å². The molecule has 1 aromatic carbocycles. The summed E-state index contributed by atoms with van der Waals surface area (Å²) >= 11 is 5.88. The van der Waals surface area contributed by atoms with E-state index in [1.54, 1.807) is 0 Å². The van der Waals surface area contributed by atoms with E-state index in [9.17, 15) is 0 Å². The normalized spacial score (nSPS) is 11.1. The maximum absolute atomic E-state index is 5.88. The second-order valence-corrected chi connectivity index (χ2v) is 4.78. The molecule has 1 heterocycles. The molecule has 0 radical (unpaired) electrons. The Hall–Kier alpha value is -1.28. The molecule has 17 heavy (non-hydrogen) atoms. The van der Waals surface area contributed by atoms with Gasteiger partial charge in [0.15, 0.2) is 0 Å². The molecule has 3 heteroatoms. The van der Waals surface area contributed by atoms with Gasteiger partial charge in [0.25, 0.3) is 0 Å². The van der Waals surface area contributed by atoms with Gasteiger partial charge < -0.3 is 0 Å². The molecule has 2 nitrogen and oxygen atoms in total. The van der Waals surface area contributed by atoms with E-state index in [1.807, 2.05) is 16.9 Å². The number of benzene rings is 1. The number of nitrogens with zero attached hydrogens (tertiary/aromatic N) is 2. The summed E-state index contributed by atoms with van der Waals surface area (Å²) in [5, 5.41) is 4.43. The van der Waals surface area contributed by atoms with E-state index in [0.29, 0.717) is 11.8 Å². The zero-order valence-corrected chi connectivity index (χ0v) is 11.2. The highest BCUT2D eigenvalue weighted by atomic mass is 35.5. The lowest BCUT2D eigenvalue weighted by Gasteiger charge is -2.13. The number of para-hydroxylation sites is 1. The summed E-state index contributed by atoms with van der Waals surface area (Å²) in [5.41, 5.74) is 4.66. The summed E-state index contributed by atoms with van der Waals surface area (Å²) in [7, 11) is 0. The van der Waals surface area contributed by atoms with Gasteiger partial charge in [0.1, 0.15) is 0 Å². The molecule has 1 aromatic heterocycles. The minimum Gasteiger partial charge on any atom is -0.237 e. The van der Waals surface area contributed by atoms with Crippen LogP contribution in [0.5, 0.6) is 0 Å². The number of alkyl halides is 1. The SMILES string of the molecule is Cc1c(CCl)cnn1-c1ccccc1C(C)C. The van der Waals surface area contributed by atoms with E-state index in [2.05, 4.69) is 44.1 Å². The molecule has 90 valence electrons. The van der Waals surface area contributed by atoms with E-state index in [0.717, 1.165) is 16.9 Å². The third kappa shape index (κ3) is 2.22. The van der Waals surface area contributed by atoms with Crippen LogP contribution in [0.2, 0.25) is 0 Å².